The van der Waals surface area contributed by atoms with Gasteiger partial charge in [-0.3, -0.25) is 4.90 Å². The highest BCUT2D eigenvalue weighted by atomic mass is 16.6. The first-order valence-electron chi connectivity index (χ1n) is 10.3. The van der Waals surface area contributed by atoms with Crippen LogP contribution in [0.25, 0.3) is 16.9 Å². The van der Waals surface area contributed by atoms with Crippen LogP contribution < -0.4 is 15.2 Å². The van der Waals surface area contributed by atoms with Crippen LogP contribution in [0.15, 0.2) is 36.5 Å². The largest absolute Gasteiger partial charge is 0.486 e. The van der Waals surface area contributed by atoms with Gasteiger partial charge in [-0.15, -0.1) is 0 Å². The van der Waals surface area contributed by atoms with E-state index >= 15 is 0 Å². The predicted octanol–water partition coefficient (Wildman–Crippen LogP) is 2.49. The molecule has 0 bridgehead atoms. The molecule has 2 aliphatic rings. The Morgan fingerprint density at radius 1 is 0.966 bits per heavy atom. The minimum Gasteiger partial charge on any atom is -0.486 e. The van der Waals surface area contributed by atoms with Gasteiger partial charge < -0.3 is 24.5 Å². The molecule has 4 heterocycles. The van der Waals surface area contributed by atoms with Crippen molar-refractivity contribution in [3.8, 4) is 22.8 Å². The topological polar surface area (TPSA) is 68.3 Å². The molecule has 1 fully saturated rings. The summed E-state index contributed by atoms with van der Waals surface area (Å²) in [6.07, 6.45) is 1.97. The SMILES string of the molecule is CCN1CCN(Cc2c(-c3ccc4c(c3)OCCO4)nc3ccc(N)cn23)CC1. The Hall–Kier alpha value is -2.77. The fourth-order valence-electron chi connectivity index (χ4n) is 4.16. The normalized spacial score (nSPS) is 17.7. The second-order valence-electron chi connectivity index (χ2n) is 7.67. The van der Waals surface area contributed by atoms with Crippen LogP contribution in [0.4, 0.5) is 5.69 Å². The van der Waals surface area contributed by atoms with Crippen molar-refractivity contribution in [3.63, 3.8) is 0 Å². The van der Waals surface area contributed by atoms with Gasteiger partial charge in [-0.25, -0.2) is 4.98 Å². The fraction of sp³-hybridized carbons (Fsp3) is 0.409. The first-order valence-corrected chi connectivity index (χ1v) is 10.3. The third-order valence-corrected chi connectivity index (χ3v) is 5.84. The van der Waals surface area contributed by atoms with Gasteiger partial charge in [0.2, 0.25) is 0 Å². The minimum atomic E-state index is 0.576. The average molecular weight is 393 g/mol. The van der Waals surface area contributed by atoms with Crippen LogP contribution >= 0.6 is 0 Å². The van der Waals surface area contributed by atoms with Crippen molar-refractivity contribution in [2.75, 3.05) is 51.7 Å². The van der Waals surface area contributed by atoms with Gasteiger partial charge in [-0.1, -0.05) is 6.92 Å². The highest BCUT2D eigenvalue weighted by Gasteiger charge is 2.22. The predicted molar refractivity (Wildman–Crippen MR) is 113 cm³/mol. The molecular formula is C22H27N5O2. The maximum atomic E-state index is 6.10. The molecule has 2 aromatic heterocycles. The van der Waals surface area contributed by atoms with E-state index < -0.39 is 0 Å². The third-order valence-electron chi connectivity index (χ3n) is 5.84. The van der Waals surface area contributed by atoms with Crippen molar-refractivity contribution in [3.05, 3.63) is 42.2 Å². The lowest BCUT2D eigenvalue weighted by atomic mass is 10.1. The van der Waals surface area contributed by atoms with Crippen LogP contribution in [0.2, 0.25) is 0 Å². The molecule has 7 nitrogen and oxygen atoms in total. The summed E-state index contributed by atoms with van der Waals surface area (Å²) >= 11 is 0. The van der Waals surface area contributed by atoms with Crippen LogP contribution in [0.1, 0.15) is 12.6 Å². The summed E-state index contributed by atoms with van der Waals surface area (Å²) in [5, 5.41) is 0. The highest BCUT2D eigenvalue weighted by Crippen LogP contribution is 2.36. The van der Waals surface area contributed by atoms with Crippen LogP contribution in [0, 0.1) is 0 Å². The summed E-state index contributed by atoms with van der Waals surface area (Å²) in [6.45, 7) is 9.68. The molecule has 1 aromatic carbocycles. The summed E-state index contributed by atoms with van der Waals surface area (Å²) < 4.78 is 13.6. The summed E-state index contributed by atoms with van der Waals surface area (Å²) in [5.41, 5.74) is 10.9. The summed E-state index contributed by atoms with van der Waals surface area (Å²) in [7, 11) is 0. The molecule has 3 aromatic rings. The molecule has 0 unspecified atom stereocenters. The van der Waals surface area contributed by atoms with Gasteiger partial charge in [-0.05, 0) is 36.9 Å². The lowest BCUT2D eigenvalue weighted by Gasteiger charge is -2.34. The number of hydrogen-bond donors (Lipinski definition) is 1. The van der Waals surface area contributed by atoms with Crippen LogP contribution in [-0.2, 0) is 6.54 Å². The zero-order valence-corrected chi connectivity index (χ0v) is 16.8. The number of rotatable bonds is 4. The molecule has 5 rings (SSSR count). The Kier molecular flexibility index (Phi) is 4.77. The highest BCUT2D eigenvalue weighted by molar-refractivity contribution is 5.70. The molecule has 2 aliphatic heterocycles. The Morgan fingerprint density at radius 3 is 2.52 bits per heavy atom. The quantitative estimate of drug-likeness (QED) is 0.735. The van der Waals surface area contributed by atoms with Crippen molar-refractivity contribution < 1.29 is 9.47 Å². The molecule has 29 heavy (non-hydrogen) atoms. The maximum Gasteiger partial charge on any atom is 0.162 e. The summed E-state index contributed by atoms with van der Waals surface area (Å²) in [5.74, 6) is 1.58. The maximum absolute atomic E-state index is 6.10. The lowest BCUT2D eigenvalue weighted by molar-refractivity contribution is 0.131. The number of nitrogens with zero attached hydrogens (tertiary/aromatic N) is 4. The summed E-state index contributed by atoms with van der Waals surface area (Å²) in [6, 6.07) is 9.97. The smallest absolute Gasteiger partial charge is 0.162 e. The van der Waals surface area contributed by atoms with Gasteiger partial charge in [0, 0.05) is 50.2 Å². The van der Waals surface area contributed by atoms with Crippen molar-refractivity contribution in [2.45, 2.75) is 13.5 Å². The second kappa shape index (κ2) is 7.57. The molecule has 0 radical (unpaired) electrons. The van der Waals surface area contributed by atoms with Gasteiger partial charge in [0.1, 0.15) is 18.9 Å². The number of benzene rings is 1. The number of fused-ring (bicyclic) bond motifs is 2. The second-order valence-corrected chi connectivity index (χ2v) is 7.67. The molecule has 0 aliphatic carbocycles. The van der Waals surface area contributed by atoms with E-state index in [9.17, 15) is 0 Å². The Balaban J connectivity index is 1.54. The van der Waals surface area contributed by atoms with Crippen molar-refractivity contribution in [2.24, 2.45) is 0 Å². The van der Waals surface area contributed by atoms with Gasteiger partial charge in [0.25, 0.3) is 0 Å². The van der Waals surface area contributed by atoms with E-state index in [4.69, 9.17) is 20.2 Å². The lowest BCUT2D eigenvalue weighted by Crippen LogP contribution is -2.45. The zero-order valence-electron chi connectivity index (χ0n) is 16.8. The molecular weight excluding hydrogens is 366 g/mol. The van der Waals surface area contributed by atoms with E-state index in [1.165, 1.54) is 0 Å². The number of imidazole rings is 1. The van der Waals surface area contributed by atoms with Crippen LogP contribution in [-0.4, -0.2) is 65.1 Å². The third kappa shape index (κ3) is 3.52. The fourth-order valence-corrected chi connectivity index (χ4v) is 4.16. The van der Waals surface area contributed by atoms with E-state index in [2.05, 4.69) is 27.2 Å². The number of nitrogens with two attached hydrogens (primary N) is 1. The number of pyridine rings is 1. The number of ether oxygens (including phenoxy) is 2. The first kappa shape index (κ1) is 18.3. The monoisotopic (exact) mass is 393 g/mol. The number of hydrogen-bond acceptors (Lipinski definition) is 6. The zero-order chi connectivity index (χ0) is 19.8. The number of anilines is 1. The van der Waals surface area contributed by atoms with Gasteiger partial charge in [0.15, 0.2) is 11.5 Å². The number of nitrogen functional groups attached to an aromatic ring is 1. The molecule has 0 amide bonds. The molecule has 7 heteroatoms. The molecule has 0 saturated carbocycles. The molecule has 1 saturated heterocycles. The first-order chi connectivity index (χ1) is 14.2. The molecule has 2 N–H and O–H groups in total. The Labute approximate surface area is 170 Å². The standard InChI is InChI=1S/C22H27N5O2/c1-2-25-7-9-26(10-8-25)15-18-22(24-21-6-4-17(23)14-27(18)21)16-3-5-19-20(13-16)29-12-11-28-19/h3-6,13-14H,2,7-12,15,23H2,1H3. The minimum absolute atomic E-state index is 0.576. The van der Waals surface area contributed by atoms with Crippen molar-refractivity contribution in [1.82, 2.24) is 19.2 Å². The average Bonchev–Trinajstić information content (AvgIpc) is 3.11. The van der Waals surface area contributed by atoms with Crippen LogP contribution in [0.3, 0.4) is 0 Å². The van der Waals surface area contributed by atoms with Crippen LogP contribution in [0.5, 0.6) is 11.5 Å². The molecule has 152 valence electrons. The molecule has 0 atom stereocenters. The van der Waals surface area contributed by atoms with E-state index in [1.54, 1.807) is 0 Å². The Morgan fingerprint density at radius 2 is 1.72 bits per heavy atom. The van der Waals surface area contributed by atoms with Crippen molar-refractivity contribution in [1.29, 1.82) is 0 Å². The van der Waals surface area contributed by atoms with E-state index in [0.717, 1.165) is 79.1 Å². The number of piperazine rings is 1. The van der Waals surface area contributed by atoms with E-state index in [1.807, 2.05) is 30.5 Å². The van der Waals surface area contributed by atoms with Gasteiger partial charge >= 0.3 is 0 Å². The van der Waals surface area contributed by atoms with Gasteiger partial charge in [0.05, 0.1) is 11.4 Å². The number of aromatic nitrogens is 2. The van der Waals surface area contributed by atoms with Crippen molar-refractivity contribution >= 4 is 11.3 Å². The number of likely N-dealkylation sites (N-methyl/N-ethyl adjacent to an activating group) is 1. The van der Waals surface area contributed by atoms with E-state index in [0.29, 0.717) is 13.2 Å². The molecule has 0 spiro atoms. The van der Waals surface area contributed by atoms with Gasteiger partial charge in [-0.2, -0.15) is 0 Å². The summed E-state index contributed by atoms with van der Waals surface area (Å²) in [4.78, 5) is 9.93. The Bertz CT molecular complexity index is 1020. The van der Waals surface area contributed by atoms with E-state index in [-0.39, 0.29) is 0 Å².